The highest BCUT2D eigenvalue weighted by atomic mass is 16.5. The summed E-state index contributed by atoms with van der Waals surface area (Å²) in [4.78, 5) is 17.6. The average Bonchev–Trinajstić information content (AvgIpc) is 2.55. The molecule has 0 aliphatic carbocycles. The molecule has 0 aliphatic heterocycles. The molecule has 0 aliphatic rings. The van der Waals surface area contributed by atoms with Crippen LogP contribution in [0.1, 0.15) is 23.2 Å². The molecule has 1 aromatic rings. The summed E-state index contributed by atoms with van der Waals surface area (Å²) in [5.74, 6) is 0.585. The maximum absolute atomic E-state index is 11.4. The van der Waals surface area contributed by atoms with Crippen molar-refractivity contribution in [3.8, 4) is 0 Å². The van der Waals surface area contributed by atoms with Crippen molar-refractivity contribution in [2.45, 2.75) is 26.4 Å². The fraction of sp³-hybridized carbons (Fsp3) is 0.636. The summed E-state index contributed by atoms with van der Waals surface area (Å²) in [7, 11) is 5.31. The number of carbonyl (C=O) groups excluding carboxylic acids is 1. The van der Waals surface area contributed by atoms with Crippen LogP contribution in [-0.4, -0.2) is 47.7 Å². The van der Waals surface area contributed by atoms with E-state index in [4.69, 9.17) is 5.73 Å². The van der Waals surface area contributed by atoms with Gasteiger partial charge >= 0.3 is 5.97 Å². The van der Waals surface area contributed by atoms with Crippen molar-refractivity contribution in [1.82, 2.24) is 14.5 Å². The second-order valence-corrected chi connectivity index (χ2v) is 4.31. The van der Waals surface area contributed by atoms with Gasteiger partial charge in [0.1, 0.15) is 11.6 Å². The minimum Gasteiger partial charge on any atom is -0.464 e. The third-order valence-corrected chi connectivity index (χ3v) is 2.90. The second-order valence-electron chi connectivity index (χ2n) is 4.31. The molecule has 0 aromatic carbocycles. The number of nitrogens with two attached hydrogens (primary N) is 1. The summed E-state index contributed by atoms with van der Waals surface area (Å²) in [6.07, 6.45) is 0. The fourth-order valence-electron chi connectivity index (χ4n) is 1.49. The highest BCUT2D eigenvalue weighted by Crippen LogP contribution is 2.16. The zero-order chi connectivity index (χ0) is 13.2. The zero-order valence-electron chi connectivity index (χ0n) is 11.0. The number of anilines is 1. The van der Waals surface area contributed by atoms with Gasteiger partial charge in [0.25, 0.3) is 0 Å². The first-order chi connectivity index (χ1) is 7.88. The monoisotopic (exact) mass is 240 g/mol. The van der Waals surface area contributed by atoms with E-state index in [0.29, 0.717) is 18.4 Å². The number of rotatable bonds is 4. The molecule has 0 spiro atoms. The Hall–Kier alpha value is -1.56. The van der Waals surface area contributed by atoms with E-state index in [-0.39, 0.29) is 5.69 Å². The number of carbonyl (C=O) groups is 1. The van der Waals surface area contributed by atoms with E-state index in [1.165, 1.54) is 7.11 Å². The Morgan fingerprint density at radius 3 is 2.65 bits per heavy atom. The van der Waals surface area contributed by atoms with Gasteiger partial charge < -0.3 is 19.9 Å². The van der Waals surface area contributed by atoms with Crippen molar-refractivity contribution in [2.75, 3.05) is 26.9 Å². The number of hydrogen-bond acceptors (Lipinski definition) is 5. The van der Waals surface area contributed by atoms with Crippen LogP contribution in [0.3, 0.4) is 0 Å². The van der Waals surface area contributed by atoms with E-state index in [1.54, 1.807) is 0 Å². The lowest BCUT2D eigenvalue weighted by Crippen LogP contribution is -2.30. The molecular formula is C11H20N4O2. The number of methoxy groups -OCH3 is 1. The molecule has 1 rings (SSSR count). The zero-order valence-corrected chi connectivity index (χ0v) is 11.0. The first kappa shape index (κ1) is 13.5. The van der Waals surface area contributed by atoms with Gasteiger partial charge in [-0.3, -0.25) is 0 Å². The Morgan fingerprint density at radius 2 is 2.18 bits per heavy atom. The molecule has 2 N–H and O–H groups in total. The molecule has 1 atom stereocenters. The van der Waals surface area contributed by atoms with Gasteiger partial charge in [-0.05, 0) is 27.9 Å². The van der Waals surface area contributed by atoms with Crippen LogP contribution in [0.5, 0.6) is 0 Å². The molecule has 96 valence electrons. The Bertz CT molecular complexity index is 412. The van der Waals surface area contributed by atoms with Crippen LogP contribution in [0.4, 0.5) is 5.82 Å². The normalized spacial score (nSPS) is 12.8. The van der Waals surface area contributed by atoms with Gasteiger partial charge in [-0.25, -0.2) is 9.78 Å². The molecule has 0 radical (unpaired) electrons. The number of likely N-dealkylation sites (N-methyl/N-ethyl adjacent to an activating group) is 1. The predicted molar refractivity (Wildman–Crippen MR) is 65.9 cm³/mol. The molecule has 17 heavy (non-hydrogen) atoms. The van der Waals surface area contributed by atoms with E-state index in [9.17, 15) is 4.79 Å². The summed E-state index contributed by atoms with van der Waals surface area (Å²) >= 11 is 0. The van der Waals surface area contributed by atoms with Crippen molar-refractivity contribution < 1.29 is 9.53 Å². The number of hydrogen-bond donors (Lipinski definition) is 1. The summed E-state index contributed by atoms with van der Waals surface area (Å²) in [6.45, 7) is 4.59. The van der Waals surface area contributed by atoms with Crippen LogP contribution < -0.4 is 5.73 Å². The molecule has 0 saturated carbocycles. The van der Waals surface area contributed by atoms with Gasteiger partial charge in [-0.1, -0.05) is 0 Å². The number of esters is 1. The standard InChI is InChI=1S/C11H20N4O2/c1-7(14(3)4)6-15-8(2)13-9(10(15)12)11(16)17-5/h7H,6,12H2,1-5H3. The number of imidazole rings is 1. The molecule has 0 amide bonds. The topological polar surface area (TPSA) is 73.4 Å². The van der Waals surface area contributed by atoms with Gasteiger partial charge in [0, 0.05) is 12.6 Å². The Morgan fingerprint density at radius 1 is 1.59 bits per heavy atom. The SMILES string of the molecule is COC(=O)c1nc(C)n(CC(C)N(C)C)c1N. The van der Waals surface area contributed by atoms with Crippen molar-refractivity contribution in [3.63, 3.8) is 0 Å². The number of nitrogens with zero attached hydrogens (tertiary/aromatic N) is 3. The van der Waals surface area contributed by atoms with E-state index in [0.717, 1.165) is 5.82 Å². The van der Waals surface area contributed by atoms with Gasteiger partial charge in [-0.2, -0.15) is 0 Å². The van der Waals surface area contributed by atoms with Crippen molar-refractivity contribution in [1.29, 1.82) is 0 Å². The van der Waals surface area contributed by atoms with E-state index < -0.39 is 5.97 Å². The predicted octanol–water partition coefficient (Wildman–Crippen LogP) is 0.510. The molecule has 0 bridgehead atoms. The highest BCUT2D eigenvalue weighted by molar-refractivity contribution is 5.92. The highest BCUT2D eigenvalue weighted by Gasteiger charge is 2.20. The third kappa shape index (κ3) is 2.76. The third-order valence-electron chi connectivity index (χ3n) is 2.90. The van der Waals surface area contributed by atoms with Crippen LogP contribution in [0.2, 0.25) is 0 Å². The van der Waals surface area contributed by atoms with Crippen LogP contribution in [-0.2, 0) is 11.3 Å². The van der Waals surface area contributed by atoms with Gasteiger partial charge in [0.2, 0.25) is 0 Å². The Labute approximate surface area is 101 Å². The lowest BCUT2D eigenvalue weighted by atomic mass is 10.3. The van der Waals surface area contributed by atoms with Crippen molar-refractivity contribution in [3.05, 3.63) is 11.5 Å². The van der Waals surface area contributed by atoms with E-state index in [1.807, 2.05) is 25.6 Å². The summed E-state index contributed by atoms with van der Waals surface area (Å²) in [5.41, 5.74) is 6.10. The van der Waals surface area contributed by atoms with Crippen LogP contribution in [0, 0.1) is 6.92 Å². The van der Waals surface area contributed by atoms with Gasteiger partial charge in [0.15, 0.2) is 5.69 Å². The summed E-state index contributed by atoms with van der Waals surface area (Å²) in [5, 5.41) is 0. The maximum Gasteiger partial charge on any atom is 0.360 e. The molecule has 6 nitrogen and oxygen atoms in total. The molecule has 1 heterocycles. The quantitative estimate of drug-likeness (QED) is 0.776. The number of aromatic nitrogens is 2. The van der Waals surface area contributed by atoms with E-state index >= 15 is 0 Å². The maximum atomic E-state index is 11.4. The fourth-order valence-corrected chi connectivity index (χ4v) is 1.49. The number of ether oxygens (including phenoxy) is 1. The number of nitrogen functional groups attached to an aromatic ring is 1. The van der Waals surface area contributed by atoms with Crippen LogP contribution >= 0.6 is 0 Å². The molecular weight excluding hydrogens is 220 g/mol. The first-order valence-corrected chi connectivity index (χ1v) is 5.45. The second kappa shape index (κ2) is 5.18. The van der Waals surface area contributed by atoms with Gasteiger partial charge in [-0.15, -0.1) is 0 Å². The molecule has 1 aromatic heterocycles. The minimum atomic E-state index is -0.498. The Balaban J connectivity index is 3.01. The molecule has 0 saturated heterocycles. The minimum absolute atomic E-state index is 0.191. The van der Waals surface area contributed by atoms with Gasteiger partial charge in [0.05, 0.1) is 7.11 Å². The first-order valence-electron chi connectivity index (χ1n) is 5.45. The van der Waals surface area contributed by atoms with E-state index in [2.05, 4.69) is 21.5 Å². The molecule has 6 heteroatoms. The van der Waals surface area contributed by atoms with Crippen molar-refractivity contribution in [2.24, 2.45) is 0 Å². The largest absolute Gasteiger partial charge is 0.464 e. The van der Waals surface area contributed by atoms with Crippen LogP contribution in [0.15, 0.2) is 0 Å². The molecule has 1 unspecified atom stereocenters. The Kier molecular flexibility index (Phi) is 4.11. The lowest BCUT2D eigenvalue weighted by Gasteiger charge is -2.21. The summed E-state index contributed by atoms with van der Waals surface area (Å²) in [6, 6.07) is 0.302. The lowest BCUT2D eigenvalue weighted by molar-refractivity contribution is 0.0595. The molecule has 0 fully saturated rings. The average molecular weight is 240 g/mol. The summed E-state index contributed by atoms with van der Waals surface area (Å²) < 4.78 is 6.46. The number of aryl methyl sites for hydroxylation is 1. The van der Waals surface area contributed by atoms with Crippen molar-refractivity contribution >= 4 is 11.8 Å². The van der Waals surface area contributed by atoms with Crippen LogP contribution in [0.25, 0.3) is 0 Å². The smallest absolute Gasteiger partial charge is 0.360 e.